The summed E-state index contributed by atoms with van der Waals surface area (Å²) in [4.78, 5) is 18.1. The molecule has 14 nitrogen and oxygen atoms in total. The van der Waals surface area contributed by atoms with Crippen molar-refractivity contribution in [2.24, 2.45) is 5.16 Å². The molecule has 2 aliphatic heterocycles. The van der Waals surface area contributed by atoms with Gasteiger partial charge in [-0.1, -0.05) is 29.4 Å². The molecule has 0 spiro atoms. The first-order chi connectivity index (χ1) is 21.8. The van der Waals surface area contributed by atoms with Crippen molar-refractivity contribution in [3.8, 4) is 11.5 Å². The van der Waals surface area contributed by atoms with Gasteiger partial charge in [-0.25, -0.2) is 4.39 Å². The molecule has 1 aliphatic carbocycles. The van der Waals surface area contributed by atoms with Crippen molar-refractivity contribution >= 4 is 17.7 Å². The van der Waals surface area contributed by atoms with Gasteiger partial charge in [0.25, 0.3) is 0 Å². The van der Waals surface area contributed by atoms with E-state index in [0.717, 1.165) is 0 Å². The highest BCUT2D eigenvalue weighted by atomic mass is 19.1. The SMILES string of the molecule is C/C(=C\c1ccc(O[C@@H]2O[C@H](/C(C)=N/OCc3ccccc3F)[C@@H](O)[C@]2(C)O)c(O)c1)C(=O)N[C@@H]1[C@H](O)[C@@H](O)[C@H]2OCO[C@H]2[C@@H]1O. The van der Waals surface area contributed by atoms with Crippen LogP contribution in [0, 0.1) is 5.82 Å². The van der Waals surface area contributed by atoms with Crippen LogP contribution >= 0.6 is 0 Å². The van der Waals surface area contributed by atoms with E-state index in [1.165, 1.54) is 57.2 Å². The largest absolute Gasteiger partial charge is 0.504 e. The minimum atomic E-state index is -1.94. The van der Waals surface area contributed by atoms with Crippen LogP contribution in [0.2, 0.25) is 0 Å². The highest BCUT2D eigenvalue weighted by Gasteiger charge is 2.55. The highest BCUT2D eigenvalue weighted by Crippen LogP contribution is 2.37. The zero-order chi connectivity index (χ0) is 33.3. The molecule has 0 aromatic heterocycles. The molecule has 0 unspecified atom stereocenters. The summed E-state index contributed by atoms with van der Waals surface area (Å²) in [7, 11) is 0. The summed E-state index contributed by atoms with van der Waals surface area (Å²) in [6.07, 6.45) is -8.73. The maximum atomic E-state index is 13.8. The molecule has 46 heavy (non-hydrogen) atoms. The van der Waals surface area contributed by atoms with Gasteiger partial charge >= 0.3 is 0 Å². The number of phenolic OH excluding ortho intramolecular Hbond substituents is 1. The Balaban J connectivity index is 1.21. The molecule has 2 aromatic rings. The van der Waals surface area contributed by atoms with Gasteiger partial charge in [0.05, 0.1) is 11.8 Å². The molecule has 2 aromatic carbocycles. The molecule has 15 heteroatoms. The lowest BCUT2D eigenvalue weighted by Gasteiger charge is -2.41. The van der Waals surface area contributed by atoms with Gasteiger partial charge in [0, 0.05) is 11.1 Å². The smallest absolute Gasteiger partial charge is 0.247 e. The summed E-state index contributed by atoms with van der Waals surface area (Å²) in [5, 5.41) is 70.1. The zero-order valence-corrected chi connectivity index (χ0v) is 25.2. The zero-order valence-electron chi connectivity index (χ0n) is 25.2. The maximum absolute atomic E-state index is 13.8. The van der Waals surface area contributed by atoms with Gasteiger partial charge in [0.2, 0.25) is 12.2 Å². The van der Waals surface area contributed by atoms with Gasteiger partial charge in [-0.2, -0.15) is 0 Å². The van der Waals surface area contributed by atoms with E-state index in [0.29, 0.717) is 5.56 Å². The van der Waals surface area contributed by atoms with E-state index in [4.69, 9.17) is 23.8 Å². The number of phenols is 1. The van der Waals surface area contributed by atoms with Gasteiger partial charge in [0.1, 0.15) is 61.9 Å². The number of aliphatic hydroxyl groups is 5. The Bertz CT molecular complexity index is 1490. The Morgan fingerprint density at radius 1 is 1.09 bits per heavy atom. The van der Waals surface area contributed by atoms with Crippen molar-refractivity contribution in [2.75, 3.05) is 6.79 Å². The Labute approximate surface area is 263 Å². The van der Waals surface area contributed by atoms with E-state index in [9.17, 15) is 39.8 Å². The van der Waals surface area contributed by atoms with Crippen molar-refractivity contribution in [3.63, 3.8) is 0 Å². The molecule has 2 saturated heterocycles. The Hall–Kier alpha value is -3.67. The van der Waals surface area contributed by atoms with Gasteiger partial charge in [-0.15, -0.1) is 0 Å². The predicted molar refractivity (Wildman–Crippen MR) is 157 cm³/mol. The molecule has 250 valence electrons. The number of halogens is 1. The minimum absolute atomic E-state index is 0.0986. The first-order valence-corrected chi connectivity index (χ1v) is 14.5. The minimum Gasteiger partial charge on any atom is -0.504 e. The number of aliphatic hydroxyl groups excluding tert-OH is 4. The summed E-state index contributed by atoms with van der Waals surface area (Å²) in [6, 6.07) is 8.95. The molecule has 3 aliphatic rings. The van der Waals surface area contributed by atoms with Gasteiger partial charge < -0.3 is 59.7 Å². The normalized spacial score (nSPS) is 34.7. The number of benzene rings is 2. The van der Waals surface area contributed by atoms with Crippen LogP contribution in [0.5, 0.6) is 11.5 Å². The number of hydrogen-bond acceptors (Lipinski definition) is 13. The van der Waals surface area contributed by atoms with Crippen LogP contribution in [0.3, 0.4) is 0 Å². The third kappa shape index (κ3) is 6.72. The van der Waals surface area contributed by atoms with Crippen molar-refractivity contribution in [1.29, 1.82) is 0 Å². The molecule has 3 fully saturated rings. The molecular weight excluding hydrogens is 611 g/mol. The Morgan fingerprint density at radius 3 is 2.48 bits per heavy atom. The number of hydrogen-bond donors (Lipinski definition) is 7. The summed E-state index contributed by atoms with van der Waals surface area (Å²) in [5.74, 6) is -1.59. The average Bonchev–Trinajstić information content (AvgIpc) is 3.60. The fourth-order valence-electron chi connectivity index (χ4n) is 5.51. The lowest BCUT2D eigenvalue weighted by atomic mass is 9.83. The van der Waals surface area contributed by atoms with Crippen molar-refractivity contribution in [1.82, 2.24) is 5.32 Å². The number of aromatic hydroxyl groups is 1. The number of carbonyl (C=O) groups is 1. The summed E-state index contributed by atoms with van der Waals surface area (Å²) >= 11 is 0. The first-order valence-electron chi connectivity index (χ1n) is 14.5. The summed E-state index contributed by atoms with van der Waals surface area (Å²) < 4.78 is 35.8. The van der Waals surface area contributed by atoms with Gasteiger partial charge in [-0.05, 0) is 50.6 Å². The molecule has 7 N–H and O–H groups in total. The molecule has 2 heterocycles. The quantitative estimate of drug-likeness (QED) is 0.109. The summed E-state index contributed by atoms with van der Waals surface area (Å²) in [5.41, 5.74) is -0.988. The standard InChI is InChI=1S/C31H37FN2O12/c1-14(29(40)33-21-22(36)24(38)27-26(23(21)37)42-13-43-27)10-16-8-9-20(19(35)11-16)45-30-31(3,41)28(39)25(46-30)15(2)34-44-12-17-6-4-5-7-18(17)32/h4-11,21-28,30,35-39,41H,12-13H2,1-3H3,(H,33,40)/b14-10+,34-15+/t21-,22+,23-,24-,25-,26+,27-,28-,30-,31+/m1/s1. The second kappa shape index (κ2) is 13.6. The topological polar surface area (TPSA) is 209 Å². The lowest BCUT2D eigenvalue weighted by molar-refractivity contribution is -0.155. The van der Waals surface area contributed by atoms with Crippen LogP contribution in [-0.4, -0.2) is 110 Å². The predicted octanol–water partition coefficient (Wildman–Crippen LogP) is 0.0655. The summed E-state index contributed by atoms with van der Waals surface area (Å²) in [6.45, 7) is 3.93. The van der Waals surface area contributed by atoms with E-state index in [1.54, 1.807) is 12.1 Å². The van der Waals surface area contributed by atoms with Crippen molar-refractivity contribution in [3.05, 3.63) is 65.0 Å². The fraction of sp³-hybridized carbons (Fsp3) is 0.484. The van der Waals surface area contributed by atoms with Crippen LogP contribution in [0.1, 0.15) is 31.9 Å². The molecule has 0 radical (unpaired) electrons. The number of nitrogens with one attached hydrogen (secondary N) is 1. The molecule has 0 bridgehead atoms. The molecule has 1 amide bonds. The Morgan fingerprint density at radius 2 is 1.78 bits per heavy atom. The van der Waals surface area contributed by atoms with Crippen LogP contribution in [0.15, 0.2) is 53.2 Å². The van der Waals surface area contributed by atoms with Gasteiger partial charge in [0.15, 0.2) is 17.1 Å². The van der Waals surface area contributed by atoms with E-state index in [-0.39, 0.29) is 41.7 Å². The molecule has 10 atom stereocenters. The molecule has 1 saturated carbocycles. The van der Waals surface area contributed by atoms with Crippen LogP contribution in [-0.2, 0) is 30.4 Å². The van der Waals surface area contributed by atoms with Crippen LogP contribution in [0.25, 0.3) is 6.08 Å². The second-order valence-corrected chi connectivity index (χ2v) is 11.7. The second-order valence-electron chi connectivity index (χ2n) is 11.7. The number of amides is 1. The van der Waals surface area contributed by atoms with Crippen molar-refractivity contribution < 1.29 is 63.6 Å². The fourth-order valence-corrected chi connectivity index (χ4v) is 5.51. The van der Waals surface area contributed by atoms with E-state index < -0.39 is 72.4 Å². The monoisotopic (exact) mass is 648 g/mol. The Kier molecular flexibility index (Phi) is 9.95. The molecular formula is C31H37FN2O12. The van der Waals surface area contributed by atoms with E-state index >= 15 is 0 Å². The number of oxime groups is 1. The van der Waals surface area contributed by atoms with Gasteiger partial charge in [-0.3, -0.25) is 4.79 Å². The number of carbonyl (C=O) groups excluding carboxylic acids is 1. The maximum Gasteiger partial charge on any atom is 0.247 e. The van der Waals surface area contributed by atoms with Crippen LogP contribution in [0.4, 0.5) is 4.39 Å². The number of fused-ring (bicyclic) bond motifs is 1. The highest BCUT2D eigenvalue weighted by molar-refractivity contribution is 5.97. The number of nitrogens with zero attached hydrogens (tertiary/aromatic N) is 1. The average molecular weight is 649 g/mol. The first kappa shape index (κ1) is 33.7. The molecule has 5 rings (SSSR count). The number of rotatable bonds is 9. The third-order valence-corrected chi connectivity index (χ3v) is 8.29. The van der Waals surface area contributed by atoms with Crippen LogP contribution < -0.4 is 10.1 Å². The van der Waals surface area contributed by atoms with E-state index in [1.807, 2.05) is 0 Å². The number of ether oxygens (including phenoxy) is 4. The van der Waals surface area contributed by atoms with E-state index in [2.05, 4.69) is 10.5 Å². The third-order valence-electron chi connectivity index (χ3n) is 8.29. The van der Waals surface area contributed by atoms with Crippen molar-refractivity contribution in [2.45, 2.75) is 88.0 Å². The lowest BCUT2D eigenvalue weighted by Crippen LogP contribution is -2.67.